The number of hydrogen-bond donors (Lipinski definition) is 0. The molecule has 763 valence electrons. The molecule has 18 aromatic rings. The van der Waals surface area contributed by atoms with Crippen molar-refractivity contribution in [3.05, 3.63) is 318 Å². The molecule has 2 bridgehead atoms. The van der Waals surface area contributed by atoms with Crippen LogP contribution in [-0.2, 0) is 91.4 Å². The Morgan fingerprint density at radius 2 is 0.829 bits per heavy atom. The second kappa shape index (κ2) is 49.4. The van der Waals surface area contributed by atoms with E-state index in [2.05, 4.69) is 324 Å². The Morgan fingerprint density at radius 1 is 0.390 bits per heavy atom. The van der Waals surface area contributed by atoms with Gasteiger partial charge >= 0.3 is 0 Å². The second-order valence-corrected chi connectivity index (χ2v) is 60.6. The van der Waals surface area contributed by atoms with Crippen molar-refractivity contribution in [2.75, 3.05) is 0 Å². The maximum Gasteiger partial charge on any atom is 0.217 e. The van der Waals surface area contributed by atoms with Crippen LogP contribution in [0.25, 0.3) is 134 Å². The number of aromatic nitrogens is 10. The number of benzene rings is 5. The van der Waals surface area contributed by atoms with E-state index in [1.54, 1.807) is 0 Å². The molecule has 23 rings (SSSR count). The summed E-state index contributed by atoms with van der Waals surface area (Å²) in [6.45, 7) is 46.0. The molecule has 5 fully saturated rings. The van der Waals surface area contributed by atoms with Gasteiger partial charge in [-0.2, -0.15) is 0 Å². The van der Waals surface area contributed by atoms with Gasteiger partial charge in [0.2, 0.25) is 5.71 Å². The summed E-state index contributed by atoms with van der Waals surface area (Å²) in [5.41, 5.74) is 30.7. The number of fused-ring (bicyclic) bond motifs is 12. The Kier molecular flexibility index (Phi) is 37.6. The van der Waals surface area contributed by atoms with Gasteiger partial charge in [-0.05, 0) is 247 Å². The van der Waals surface area contributed by atoms with Gasteiger partial charge in [0, 0.05) is 136 Å². The van der Waals surface area contributed by atoms with Crippen molar-refractivity contribution in [2.24, 2.45) is 41.4 Å². The van der Waals surface area contributed by atoms with Gasteiger partial charge in [-0.25, -0.2) is 4.98 Å². The third-order valence-electron chi connectivity index (χ3n) is 29.4. The molecule has 0 N–H and O–H groups in total. The predicted molar refractivity (Wildman–Crippen MR) is 601 cm³/mol. The number of furan rings is 3. The third kappa shape index (κ3) is 27.4. The average Bonchev–Trinajstić information content (AvgIpc) is 1.62. The minimum atomic E-state index is -1.34. The monoisotopic (exact) mass is 2520 g/mol. The van der Waals surface area contributed by atoms with Crippen molar-refractivity contribution in [3.63, 3.8) is 0 Å². The SMILES string of the molecule is CC(C)Cc1cc(-c2[c-]cccc2)ncc1[Si](C)(C)C.CC(C)Cc1cc(-c2[c-]cccc2)ncc1[Si](C)(C)C.CC(C)Cc1cc(-c2[c-]cccc2)ncc1[Si](C)(C)C.Cc1cc(C)c2c(n1)oc1[c-]c(-c3cc(C4CCCCC4)ccn3)cnc12.Cc1ccc2c(c1)oc1[c-]c(-c3cc(C(C)(C)C4CCCC4)ccn3)cnc12.[Ir].[Ir].[Ir].[c-]1c(-c2cc(CC3CC4CCC3CC4)ccn2)cnc2c1oc1ccccc12. The number of nitrogens with zero attached hydrogens (tertiary/aromatic N) is 10. The fraction of sp³-hybridized carbons (Fsp3) is 0.370. The predicted octanol–water partition coefficient (Wildman–Crippen LogP) is 31.6. The summed E-state index contributed by atoms with van der Waals surface area (Å²) in [4.78, 5) is 46.4. The van der Waals surface area contributed by atoms with Crippen molar-refractivity contribution in [1.82, 2.24) is 49.8 Å². The molecule has 5 aliphatic rings. The first kappa shape index (κ1) is 111. The zero-order valence-electron chi connectivity index (χ0n) is 89.0. The van der Waals surface area contributed by atoms with Crippen LogP contribution in [-0.4, -0.2) is 74.1 Å². The summed E-state index contributed by atoms with van der Waals surface area (Å²) in [7, 11) is -4.02. The van der Waals surface area contributed by atoms with Gasteiger partial charge in [-0.15, -0.1) is 124 Å². The Morgan fingerprint density at radius 3 is 1.31 bits per heavy atom. The van der Waals surface area contributed by atoms with Crippen LogP contribution in [0.3, 0.4) is 0 Å². The largest absolute Gasteiger partial charge is 0.475 e. The van der Waals surface area contributed by atoms with Crippen LogP contribution in [0, 0.1) is 98.6 Å². The Balaban J connectivity index is 0.000000139. The van der Waals surface area contributed by atoms with Gasteiger partial charge in [0.1, 0.15) is 11.2 Å². The molecule has 0 spiro atoms. The molecule has 0 saturated heterocycles. The van der Waals surface area contributed by atoms with E-state index >= 15 is 0 Å². The summed E-state index contributed by atoms with van der Waals surface area (Å²) >= 11 is 0. The van der Waals surface area contributed by atoms with E-state index in [4.69, 9.17) is 13.3 Å². The molecule has 146 heavy (non-hydrogen) atoms. The van der Waals surface area contributed by atoms with Crippen LogP contribution in [0.1, 0.15) is 201 Å². The van der Waals surface area contributed by atoms with Crippen LogP contribution < -0.4 is 15.6 Å². The van der Waals surface area contributed by atoms with Crippen LogP contribution in [0.4, 0.5) is 0 Å². The molecule has 0 amide bonds. The second-order valence-electron chi connectivity index (χ2n) is 45.5. The quantitative estimate of drug-likeness (QED) is 0.0522. The summed E-state index contributed by atoms with van der Waals surface area (Å²) < 4.78 is 17.9. The first-order valence-corrected chi connectivity index (χ1v) is 62.9. The maximum absolute atomic E-state index is 6.03. The summed E-state index contributed by atoms with van der Waals surface area (Å²) in [6, 6.07) is 80.4. The van der Waals surface area contributed by atoms with E-state index in [-0.39, 0.29) is 65.7 Å². The fourth-order valence-corrected chi connectivity index (χ4v) is 26.7. The van der Waals surface area contributed by atoms with Gasteiger partial charge < -0.3 is 58.1 Å². The van der Waals surface area contributed by atoms with E-state index in [1.165, 1.54) is 151 Å². The van der Waals surface area contributed by atoms with Crippen molar-refractivity contribution >= 4 is 106 Å². The summed E-state index contributed by atoms with van der Waals surface area (Å²) in [5.74, 6) is 6.15. The van der Waals surface area contributed by atoms with E-state index in [1.807, 2.05) is 129 Å². The van der Waals surface area contributed by atoms with Gasteiger partial charge in [-0.1, -0.05) is 291 Å². The Bertz CT molecular complexity index is 7160. The van der Waals surface area contributed by atoms with E-state index in [9.17, 15) is 0 Å². The molecule has 1 unspecified atom stereocenters. The molecule has 0 aliphatic heterocycles. The van der Waals surface area contributed by atoms with E-state index < -0.39 is 24.2 Å². The average molecular weight is 2520 g/mol. The number of rotatable bonds is 20. The van der Waals surface area contributed by atoms with Crippen LogP contribution in [0.2, 0.25) is 58.9 Å². The zero-order chi connectivity index (χ0) is 100. The van der Waals surface area contributed by atoms with Crippen molar-refractivity contribution < 1.29 is 73.6 Å². The molecule has 5 aliphatic carbocycles. The molecule has 13 nitrogen and oxygen atoms in total. The smallest absolute Gasteiger partial charge is 0.217 e. The molecular weight excluding hydrogens is 2370 g/mol. The molecule has 5 saturated carbocycles. The normalized spacial score (nSPS) is 15.4. The topological polar surface area (TPSA) is 168 Å². The third-order valence-corrected chi connectivity index (χ3v) is 35.6. The molecule has 3 radical (unpaired) electrons. The van der Waals surface area contributed by atoms with Crippen molar-refractivity contribution in [1.29, 1.82) is 0 Å². The summed E-state index contributed by atoms with van der Waals surface area (Å²) in [5, 5.41) is 7.52. The van der Waals surface area contributed by atoms with E-state index in [0.29, 0.717) is 46.1 Å². The number of hydrogen-bond acceptors (Lipinski definition) is 13. The molecule has 13 aromatic heterocycles. The first-order chi connectivity index (χ1) is 68.7. The standard InChI is InChI=1S/C25H23N2O.C25H25N2O.C23H22N3O.3C18H24NSi.3Ir/c1-2-4-23-21(3-1)25-24(28-23)14-20(15-27-25)22-13-17(9-10-26-22)12-19-11-16-5-7-18(19)8-6-16;1-16-8-9-20-22(12-16)28-23-13-17(15-27-24(20)23)21-14-19(10-11-26-21)25(2,3)18-6-4-5-7-18;1-14-10-15(2)26-23-21(14)22-20(27-23)12-18(13-25-22)19-11-17(8-9-24-19)16-6-4-3-5-7-16;3*1-14(2)11-16-12-17(15-9-7-6-8-10-15)19-13-18(16)20(3,4)5;;;/h1-4,9-10,13,15-16,18-19H,5-8,11-12H2;8-12,14-15,18H,4-7H2,1-3H3;8-11,13,16H,3-7H2,1-2H3;3*6-9,12-14H,11H2,1-5H3;;;/q6*-1;;;. The number of pyridine rings is 10. The maximum atomic E-state index is 6.03. The first-order valence-electron chi connectivity index (χ1n) is 52.4. The summed E-state index contributed by atoms with van der Waals surface area (Å²) in [6.07, 6.45) is 41.4. The molecular formula is C127H142Ir3N10O3Si3-6. The fourth-order valence-electron chi connectivity index (χ4n) is 21.9. The van der Waals surface area contributed by atoms with Crippen molar-refractivity contribution in [2.45, 2.75) is 262 Å². The van der Waals surface area contributed by atoms with Crippen LogP contribution >= 0.6 is 0 Å². The minimum absolute atomic E-state index is 0. The van der Waals surface area contributed by atoms with Gasteiger partial charge in [-0.3, -0.25) is 0 Å². The van der Waals surface area contributed by atoms with Crippen molar-refractivity contribution in [3.8, 4) is 67.5 Å². The Labute approximate surface area is 910 Å². The Hall–Kier alpha value is -10.4. The van der Waals surface area contributed by atoms with Gasteiger partial charge in [0.05, 0.1) is 41.0 Å². The van der Waals surface area contributed by atoms with E-state index in [0.717, 1.165) is 166 Å². The van der Waals surface area contributed by atoms with Crippen LogP contribution in [0.5, 0.6) is 0 Å². The van der Waals surface area contributed by atoms with Gasteiger partial charge in [0.15, 0.2) is 0 Å². The molecule has 5 aromatic carbocycles. The molecule has 19 heteroatoms. The van der Waals surface area contributed by atoms with Gasteiger partial charge in [0.25, 0.3) is 0 Å². The minimum Gasteiger partial charge on any atom is -0.475 e. The molecule has 13 heterocycles. The number of para-hydroxylation sites is 1. The zero-order valence-corrected chi connectivity index (χ0v) is 99.2. The number of aryl methyl sites for hydroxylation is 3. The van der Waals surface area contributed by atoms with Crippen LogP contribution in [0.15, 0.2) is 245 Å². The molecule has 1 atom stereocenters.